The first kappa shape index (κ1) is 91.6. The molecular weight excluding hydrogens is 1220 g/mol. The van der Waals surface area contributed by atoms with Crippen molar-refractivity contribution in [2.24, 2.45) is 0 Å². The Morgan fingerprint density at radius 1 is 0.361 bits per heavy atom. The van der Waals surface area contributed by atoms with Crippen LogP contribution in [0, 0.1) is 0 Å². The zero-order valence-electron chi connectivity index (χ0n) is 63.1. The minimum atomic E-state index is -1.79. The minimum absolute atomic E-state index is 0.229. The highest BCUT2D eigenvalue weighted by molar-refractivity contribution is 5.76. The highest BCUT2D eigenvalue weighted by Gasteiger charge is 2.51. The summed E-state index contributed by atoms with van der Waals surface area (Å²) >= 11 is 0. The van der Waals surface area contributed by atoms with E-state index in [0.717, 1.165) is 38.5 Å². The SMILES string of the molecule is CCCCCCCCCC/C=C\CCCCCCCCCCCCCCCCCCCCCCCCCCCCCCCC(=O)NC(COC1OC(CO)C(OC2OC(CO)C(O)C(O)C2O)C(O)C1O)C(O)/C=C/CCCCCCCCCCCCCCCCCCCCCC. The van der Waals surface area contributed by atoms with Gasteiger partial charge in [-0.2, -0.15) is 0 Å². The van der Waals surface area contributed by atoms with Crippen LogP contribution in [0.4, 0.5) is 0 Å². The summed E-state index contributed by atoms with van der Waals surface area (Å²) in [5, 5.41) is 87.7. The molecule has 0 aromatic rings. The third-order valence-electron chi connectivity index (χ3n) is 20.9. The molecule has 97 heavy (non-hydrogen) atoms. The Labute approximate surface area is 596 Å². The van der Waals surface area contributed by atoms with Crippen LogP contribution < -0.4 is 5.32 Å². The molecule has 0 bridgehead atoms. The molecular formula is C83H159NO13. The van der Waals surface area contributed by atoms with Crippen LogP contribution in [0.5, 0.6) is 0 Å². The Kier molecular flexibility index (Phi) is 63.8. The normalized spacial score (nSPS) is 22.2. The number of hydrogen-bond donors (Lipinski definition) is 9. The maximum absolute atomic E-state index is 13.4. The second kappa shape index (κ2) is 67.6. The van der Waals surface area contributed by atoms with Crippen molar-refractivity contribution >= 4 is 5.91 Å². The molecule has 9 N–H and O–H groups in total. The van der Waals surface area contributed by atoms with Gasteiger partial charge < -0.3 is 65.1 Å². The molecule has 0 spiro atoms. The van der Waals surface area contributed by atoms with Crippen LogP contribution >= 0.6 is 0 Å². The lowest BCUT2D eigenvalue weighted by atomic mass is 9.97. The zero-order chi connectivity index (χ0) is 70.1. The topological polar surface area (TPSA) is 228 Å². The van der Waals surface area contributed by atoms with Gasteiger partial charge in [-0.1, -0.05) is 378 Å². The summed E-state index contributed by atoms with van der Waals surface area (Å²) < 4.78 is 22.9. The van der Waals surface area contributed by atoms with Gasteiger partial charge in [-0.3, -0.25) is 4.79 Å². The highest BCUT2D eigenvalue weighted by Crippen LogP contribution is 2.30. The fourth-order valence-corrected chi connectivity index (χ4v) is 14.2. The number of rotatable bonds is 72. The van der Waals surface area contributed by atoms with Crippen molar-refractivity contribution < 1.29 is 64.6 Å². The summed E-state index contributed by atoms with van der Waals surface area (Å²) in [6, 6.07) is -0.913. The van der Waals surface area contributed by atoms with Crippen molar-refractivity contribution in [2.75, 3.05) is 19.8 Å². The maximum atomic E-state index is 13.4. The molecule has 14 nitrogen and oxygen atoms in total. The average molecular weight is 1380 g/mol. The molecule has 12 unspecified atom stereocenters. The Balaban J connectivity index is 1.54. The zero-order valence-corrected chi connectivity index (χ0v) is 63.1. The van der Waals surface area contributed by atoms with E-state index in [1.807, 2.05) is 6.08 Å². The molecule has 574 valence electrons. The van der Waals surface area contributed by atoms with Crippen molar-refractivity contribution in [1.29, 1.82) is 0 Å². The summed E-state index contributed by atoms with van der Waals surface area (Å²) in [5.74, 6) is -0.229. The van der Waals surface area contributed by atoms with Crippen molar-refractivity contribution in [3.05, 3.63) is 24.3 Å². The summed E-state index contributed by atoms with van der Waals surface area (Å²) in [6.45, 7) is 2.87. The van der Waals surface area contributed by atoms with Crippen molar-refractivity contribution in [3.8, 4) is 0 Å². The minimum Gasteiger partial charge on any atom is -0.394 e. The van der Waals surface area contributed by atoms with E-state index in [4.69, 9.17) is 18.9 Å². The lowest BCUT2D eigenvalue weighted by Gasteiger charge is -2.46. The Hall–Kier alpha value is -1.53. The second-order valence-electron chi connectivity index (χ2n) is 30.0. The predicted molar refractivity (Wildman–Crippen MR) is 402 cm³/mol. The first-order valence-electron chi connectivity index (χ1n) is 42.1. The van der Waals surface area contributed by atoms with Gasteiger partial charge in [0, 0.05) is 6.42 Å². The summed E-state index contributed by atoms with van der Waals surface area (Å²) in [4.78, 5) is 13.4. The number of nitrogens with one attached hydrogen (secondary N) is 1. The van der Waals surface area contributed by atoms with E-state index in [0.29, 0.717) is 6.42 Å². The van der Waals surface area contributed by atoms with Crippen LogP contribution in [0.15, 0.2) is 24.3 Å². The standard InChI is InChI=1S/C83H159NO13/c1-3-5-7-9-11-13-15-17-19-21-23-25-27-28-29-30-31-32-33-34-35-36-37-38-39-40-41-42-43-44-45-47-49-51-53-55-57-59-61-63-65-67-75(88)84-71(70-94-82-80(93)78(91)81(74(69-86)96-82)97-83-79(92)77(90)76(89)73(68-85)95-83)72(87)66-64-62-60-58-56-54-52-50-48-46-26-24-22-20-18-16-14-12-10-8-6-4-2/h21,23,64,66,71-74,76-83,85-87,89-93H,3-20,22,24-63,65,67-70H2,1-2H3,(H,84,88)/b23-21-,66-64+. The van der Waals surface area contributed by atoms with Crippen molar-refractivity contribution in [1.82, 2.24) is 5.32 Å². The molecule has 0 aliphatic carbocycles. The van der Waals surface area contributed by atoms with E-state index < -0.39 is 86.8 Å². The van der Waals surface area contributed by atoms with Gasteiger partial charge in [0.1, 0.15) is 48.8 Å². The first-order valence-corrected chi connectivity index (χ1v) is 42.1. The largest absolute Gasteiger partial charge is 0.394 e. The van der Waals surface area contributed by atoms with Gasteiger partial charge in [-0.05, 0) is 44.9 Å². The summed E-state index contributed by atoms with van der Waals surface area (Å²) in [6.07, 6.45) is 71.5. The third-order valence-corrected chi connectivity index (χ3v) is 20.9. The fourth-order valence-electron chi connectivity index (χ4n) is 14.2. The van der Waals surface area contributed by atoms with Gasteiger partial charge in [0.05, 0.1) is 32.0 Å². The van der Waals surface area contributed by atoms with Gasteiger partial charge in [-0.25, -0.2) is 0 Å². The van der Waals surface area contributed by atoms with Gasteiger partial charge in [0.15, 0.2) is 12.6 Å². The van der Waals surface area contributed by atoms with E-state index >= 15 is 0 Å². The predicted octanol–water partition coefficient (Wildman–Crippen LogP) is 19.4. The molecule has 12 atom stereocenters. The van der Waals surface area contributed by atoms with Crippen molar-refractivity contribution in [3.63, 3.8) is 0 Å². The van der Waals surface area contributed by atoms with Crippen LogP contribution in [-0.2, 0) is 23.7 Å². The maximum Gasteiger partial charge on any atom is 0.220 e. The molecule has 2 aliphatic heterocycles. The molecule has 14 heteroatoms. The van der Waals surface area contributed by atoms with Gasteiger partial charge in [0.2, 0.25) is 5.91 Å². The average Bonchev–Trinajstić information content (AvgIpc) is 0.794. The molecule has 0 radical (unpaired) electrons. The molecule has 2 heterocycles. The van der Waals surface area contributed by atoms with E-state index in [2.05, 4.69) is 31.3 Å². The van der Waals surface area contributed by atoms with Gasteiger partial charge >= 0.3 is 0 Å². The number of carbonyl (C=O) groups is 1. The van der Waals surface area contributed by atoms with Gasteiger partial charge in [0.25, 0.3) is 0 Å². The molecule has 1 amide bonds. The van der Waals surface area contributed by atoms with Gasteiger partial charge in [-0.15, -0.1) is 0 Å². The second-order valence-corrected chi connectivity index (χ2v) is 30.0. The van der Waals surface area contributed by atoms with Crippen LogP contribution in [0.1, 0.15) is 406 Å². The Morgan fingerprint density at radius 3 is 0.979 bits per heavy atom. The van der Waals surface area contributed by atoms with Crippen LogP contribution in [0.25, 0.3) is 0 Å². The highest BCUT2D eigenvalue weighted by atomic mass is 16.7. The number of hydrogen-bond acceptors (Lipinski definition) is 13. The lowest BCUT2D eigenvalue weighted by Crippen LogP contribution is -2.65. The molecule has 2 rings (SSSR count). The molecule has 2 aliphatic rings. The number of aliphatic hydroxyl groups excluding tert-OH is 8. The summed E-state index contributed by atoms with van der Waals surface area (Å²) in [5.41, 5.74) is 0. The van der Waals surface area contributed by atoms with Crippen LogP contribution in [0.2, 0.25) is 0 Å². The number of unbranched alkanes of at least 4 members (excludes halogenated alkanes) is 57. The van der Waals surface area contributed by atoms with Crippen LogP contribution in [0.3, 0.4) is 0 Å². The Bertz CT molecular complexity index is 1720. The number of aliphatic hydroxyl groups is 8. The lowest BCUT2D eigenvalue weighted by molar-refractivity contribution is -0.359. The van der Waals surface area contributed by atoms with Crippen LogP contribution in [-0.4, -0.2) is 140 Å². The number of amides is 1. The molecule has 2 fully saturated rings. The van der Waals surface area contributed by atoms with E-state index in [-0.39, 0.29) is 18.9 Å². The Morgan fingerprint density at radius 2 is 0.649 bits per heavy atom. The number of allylic oxidation sites excluding steroid dienone is 3. The molecule has 0 aromatic heterocycles. The monoisotopic (exact) mass is 1380 g/mol. The van der Waals surface area contributed by atoms with E-state index in [9.17, 15) is 45.6 Å². The van der Waals surface area contributed by atoms with E-state index in [1.54, 1.807) is 6.08 Å². The quantitative estimate of drug-likeness (QED) is 0.0204. The first-order chi connectivity index (χ1) is 47.6. The molecule has 2 saturated heterocycles. The number of carbonyl (C=O) groups excluding carboxylic acids is 1. The van der Waals surface area contributed by atoms with E-state index in [1.165, 1.54) is 340 Å². The molecule has 0 saturated carbocycles. The smallest absolute Gasteiger partial charge is 0.220 e. The molecule has 0 aromatic carbocycles. The third kappa shape index (κ3) is 50.5. The number of ether oxygens (including phenoxy) is 4. The fraction of sp³-hybridized carbons (Fsp3) is 0.940. The summed E-state index contributed by atoms with van der Waals surface area (Å²) in [7, 11) is 0. The van der Waals surface area contributed by atoms with Crippen molar-refractivity contribution in [2.45, 2.75) is 479 Å².